The molecule has 0 radical (unpaired) electrons. The number of hydrogen-bond donors (Lipinski definition) is 0. The molecule has 3 rings (SSSR count). The summed E-state index contributed by atoms with van der Waals surface area (Å²) in [5, 5.41) is 0. The molecule has 0 unspecified atom stereocenters. The van der Waals surface area contributed by atoms with Gasteiger partial charge >= 0.3 is 0 Å². The van der Waals surface area contributed by atoms with Crippen molar-refractivity contribution < 1.29 is 0 Å². The van der Waals surface area contributed by atoms with E-state index in [2.05, 4.69) is 43.1 Å². The molecule has 88 valence electrons. The molecule has 2 aliphatic carbocycles. The van der Waals surface area contributed by atoms with Crippen molar-refractivity contribution in [3.8, 4) is 0 Å². The molecule has 1 spiro atoms. The normalized spacial score (nSPS) is 37.3. The Morgan fingerprint density at radius 3 is 2.69 bits per heavy atom. The Morgan fingerprint density at radius 1 is 1.19 bits per heavy atom. The molecular formula is C14H20S2. The van der Waals surface area contributed by atoms with Crippen LogP contribution in [0.2, 0.25) is 0 Å². The summed E-state index contributed by atoms with van der Waals surface area (Å²) >= 11 is 4.38. The number of allylic oxidation sites excluding steroid dienone is 2. The zero-order valence-electron chi connectivity index (χ0n) is 10.1. The van der Waals surface area contributed by atoms with Crippen LogP contribution in [0.15, 0.2) is 23.8 Å². The molecule has 0 aromatic rings. The monoisotopic (exact) mass is 252 g/mol. The fourth-order valence-electron chi connectivity index (χ4n) is 3.21. The van der Waals surface area contributed by atoms with E-state index in [1.165, 1.54) is 49.2 Å². The summed E-state index contributed by atoms with van der Waals surface area (Å²) in [6.45, 7) is 6.71. The zero-order chi connectivity index (χ0) is 11.2. The van der Waals surface area contributed by atoms with Gasteiger partial charge in [-0.05, 0) is 43.6 Å². The minimum absolute atomic E-state index is 0.365. The lowest BCUT2D eigenvalue weighted by molar-refractivity contribution is 0.420. The molecule has 1 saturated carbocycles. The molecule has 2 heteroatoms. The predicted octanol–water partition coefficient (Wildman–Crippen LogP) is 4.63. The first-order valence-corrected chi connectivity index (χ1v) is 8.30. The highest BCUT2D eigenvalue weighted by molar-refractivity contribution is 8.19. The van der Waals surface area contributed by atoms with Crippen molar-refractivity contribution in [2.75, 3.05) is 11.5 Å². The lowest BCUT2D eigenvalue weighted by atomic mass is 9.74. The summed E-state index contributed by atoms with van der Waals surface area (Å²) in [4.78, 5) is 0. The van der Waals surface area contributed by atoms with Gasteiger partial charge in [-0.1, -0.05) is 30.7 Å². The third-order valence-corrected chi connectivity index (χ3v) is 7.85. The Balaban J connectivity index is 1.93. The van der Waals surface area contributed by atoms with E-state index in [1.54, 1.807) is 5.57 Å². The van der Waals surface area contributed by atoms with Crippen LogP contribution in [-0.2, 0) is 0 Å². The van der Waals surface area contributed by atoms with Gasteiger partial charge in [-0.3, -0.25) is 0 Å². The summed E-state index contributed by atoms with van der Waals surface area (Å²) in [5.41, 5.74) is 3.55. The van der Waals surface area contributed by atoms with Gasteiger partial charge in [0.15, 0.2) is 0 Å². The molecule has 1 aliphatic heterocycles. The van der Waals surface area contributed by atoms with Crippen molar-refractivity contribution in [1.82, 2.24) is 0 Å². The average Bonchev–Trinajstić information content (AvgIpc) is 2.58. The van der Waals surface area contributed by atoms with E-state index in [0.717, 1.165) is 0 Å². The van der Waals surface area contributed by atoms with E-state index in [1.807, 2.05) is 0 Å². The Bertz CT molecular complexity index is 350. The lowest BCUT2D eigenvalue weighted by Gasteiger charge is -2.43. The topological polar surface area (TPSA) is 0 Å². The van der Waals surface area contributed by atoms with Crippen LogP contribution < -0.4 is 0 Å². The van der Waals surface area contributed by atoms with Crippen LogP contribution in [0.3, 0.4) is 0 Å². The van der Waals surface area contributed by atoms with Crippen molar-refractivity contribution in [2.24, 2.45) is 5.41 Å². The van der Waals surface area contributed by atoms with Crippen molar-refractivity contribution in [2.45, 2.75) is 43.1 Å². The van der Waals surface area contributed by atoms with Gasteiger partial charge in [0.1, 0.15) is 0 Å². The van der Waals surface area contributed by atoms with Crippen molar-refractivity contribution in [3.63, 3.8) is 0 Å². The van der Waals surface area contributed by atoms with Crippen LogP contribution in [0.5, 0.6) is 0 Å². The molecule has 1 heterocycles. The number of rotatable bonds is 0. The standard InChI is InChI=1S/C14H20S2/c1-11-4-5-12-10-14(7-6-13(11,12)2)15-8-3-9-16-14/h10H,1,3-9H2,2H3/t13-/m0/s1. The van der Waals surface area contributed by atoms with E-state index in [9.17, 15) is 0 Å². The number of hydrogen-bond acceptors (Lipinski definition) is 2. The molecule has 0 aromatic carbocycles. The van der Waals surface area contributed by atoms with Crippen LogP contribution >= 0.6 is 23.5 Å². The highest BCUT2D eigenvalue weighted by atomic mass is 32.2. The van der Waals surface area contributed by atoms with E-state index in [-0.39, 0.29) is 0 Å². The minimum atomic E-state index is 0.365. The van der Waals surface area contributed by atoms with E-state index >= 15 is 0 Å². The maximum atomic E-state index is 4.29. The lowest BCUT2D eigenvalue weighted by Crippen LogP contribution is -2.32. The molecule has 0 nitrogen and oxygen atoms in total. The third-order valence-electron chi connectivity index (χ3n) is 4.53. The second-order valence-electron chi connectivity index (χ2n) is 5.47. The quantitative estimate of drug-likeness (QED) is 0.577. The van der Waals surface area contributed by atoms with Gasteiger partial charge in [-0.25, -0.2) is 0 Å². The van der Waals surface area contributed by atoms with Crippen molar-refractivity contribution in [3.05, 3.63) is 23.8 Å². The first-order chi connectivity index (χ1) is 7.65. The third kappa shape index (κ3) is 1.60. The molecule has 3 aliphatic rings. The molecule has 1 saturated heterocycles. The van der Waals surface area contributed by atoms with Gasteiger partial charge in [0.2, 0.25) is 0 Å². The van der Waals surface area contributed by atoms with Crippen LogP contribution in [0.4, 0.5) is 0 Å². The van der Waals surface area contributed by atoms with E-state index in [0.29, 0.717) is 9.49 Å². The Hall–Kier alpha value is 0.180. The predicted molar refractivity (Wildman–Crippen MR) is 76.1 cm³/mol. The van der Waals surface area contributed by atoms with Gasteiger partial charge in [0.25, 0.3) is 0 Å². The summed E-state index contributed by atoms with van der Waals surface area (Å²) < 4.78 is 0.442. The minimum Gasteiger partial charge on any atom is -0.140 e. The molecular weight excluding hydrogens is 232 g/mol. The van der Waals surface area contributed by atoms with E-state index < -0.39 is 0 Å². The first kappa shape index (κ1) is 11.3. The van der Waals surface area contributed by atoms with Crippen molar-refractivity contribution in [1.29, 1.82) is 0 Å². The fraction of sp³-hybridized carbons (Fsp3) is 0.714. The molecule has 1 atom stereocenters. The Labute approximate surface area is 107 Å². The highest BCUT2D eigenvalue weighted by Gasteiger charge is 2.45. The van der Waals surface area contributed by atoms with Crippen LogP contribution in [0.1, 0.15) is 39.0 Å². The van der Waals surface area contributed by atoms with Crippen LogP contribution in [0, 0.1) is 5.41 Å². The highest BCUT2D eigenvalue weighted by Crippen LogP contribution is 2.59. The molecule has 0 amide bonds. The molecule has 0 bridgehead atoms. The number of thioether (sulfide) groups is 2. The summed E-state index contributed by atoms with van der Waals surface area (Å²) in [6.07, 6.45) is 9.21. The van der Waals surface area contributed by atoms with Crippen molar-refractivity contribution >= 4 is 23.5 Å². The van der Waals surface area contributed by atoms with Gasteiger partial charge in [0, 0.05) is 5.41 Å². The maximum absolute atomic E-state index is 4.29. The molecule has 16 heavy (non-hydrogen) atoms. The van der Waals surface area contributed by atoms with Gasteiger partial charge in [-0.2, -0.15) is 0 Å². The Kier molecular flexibility index (Phi) is 2.71. The van der Waals surface area contributed by atoms with Crippen LogP contribution in [0.25, 0.3) is 0 Å². The fourth-order valence-corrected chi connectivity index (χ4v) is 6.44. The van der Waals surface area contributed by atoms with E-state index in [4.69, 9.17) is 0 Å². The smallest absolute Gasteiger partial charge is 0.0794 e. The summed E-state index contributed by atoms with van der Waals surface area (Å²) in [7, 11) is 0. The molecule has 0 N–H and O–H groups in total. The van der Waals surface area contributed by atoms with Gasteiger partial charge < -0.3 is 0 Å². The molecule has 0 aromatic heterocycles. The average molecular weight is 252 g/mol. The maximum Gasteiger partial charge on any atom is 0.0794 e. The van der Waals surface area contributed by atoms with Gasteiger partial charge in [-0.15, -0.1) is 23.5 Å². The number of fused-ring (bicyclic) bond motifs is 1. The zero-order valence-corrected chi connectivity index (χ0v) is 11.7. The van der Waals surface area contributed by atoms with Crippen LogP contribution in [-0.4, -0.2) is 15.6 Å². The van der Waals surface area contributed by atoms with Gasteiger partial charge in [0.05, 0.1) is 4.08 Å². The summed E-state index contributed by atoms with van der Waals surface area (Å²) in [5.74, 6) is 2.71. The molecule has 2 fully saturated rings. The Morgan fingerprint density at radius 2 is 1.94 bits per heavy atom. The second kappa shape index (κ2) is 3.84. The second-order valence-corrected chi connectivity index (χ2v) is 8.58. The SMILES string of the molecule is C=C1CCC2=CC3(CC[C@@]12C)SCCCS3. The largest absolute Gasteiger partial charge is 0.140 e. The summed E-state index contributed by atoms with van der Waals surface area (Å²) in [6, 6.07) is 0. The first-order valence-electron chi connectivity index (χ1n) is 6.33.